The molecule has 1 aliphatic rings. The van der Waals surface area contributed by atoms with Gasteiger partial charge in [0.1, 0.15) is 17.2 Å². The van der Waals surface area contributed by atoms with Gasteiger partial charge in [-0.1, -0.05) is 49.4 Å². The fraction of sp³-hybridized carbons (Fsp3) is 0.486. The number of hydrogen-bond acceptors (Lipinski definition) is 7. The highest BCUT2D eigenvalue weighted by Gasteiger charge is 2.27. The molecule has 228 valence electrons. The molecule has 2 unspecified atom stereocenters. The van der Waals surface area contributed by atoms with Crippen molar-refractivity contribution < 1.29 is 28.4 Å². The van der Waals surface area contributed by atoms with Crippen LogP contribution in [-0.2, 0) is 33.8 Å². The molecule has 1 N–H and O–H groups in total. The predicted molar refractivity (Wildman–Crippen MR) is 166 cm³/mol. The Morgan fingerprint density at radius 1 is 0.786 bits per heavy atom. The van der Waals surface area contributed by atoms with Crippen LogP contribution in [0, 0.1) is 0 Å². The standard InChI is InChI=1S/C35H47NO6/c1-4-28-12-11-27(23-34(28)41-22-7-19-37-2)25-42-35-24-36-18-17-32(35)29-13-15-31(16-14-29)40-21-8-20-39-26-30-9-5-6-10-33(30)38-3/h5-6,9-16,23,32,35-36H,4,7-8,17-22,24-26H2,1-3H3. The molecule has 42 heavy (non-hydrogen) atoms. The van der Waals surface area contributed by atoms with E-state index in [-0.39, 0.29) is 6.10 Å². The van der Waals surface area contributed by atoms with Gasteiger partial charge < -0.3 is 33.7 Å². The Hall–Kier alpha value is -3.10. The third kappa shape index (κ3) is 9.73. The molecule has 3 aromatic rings. The zero-order valence-electron chi connectivity index (χ0n) is 25.4. The molecule has 7 nitrogen and oxygen atoms in total. The minimum Gasteiger partial charge on any atom is -0.496 e. The highest BCUT2D eigenvalue weighted by atomic mass is 16.5. The molecule has 4 rings (SSSR count). The highest BCUT2D eigenvalue weighted by Crippen LogP contribution is 2.30. The number of benzene rings is 3. The van der Waals surface area contributed by atoms with Crippen LogP contribution in [0.2, 0.25) is 0 Å². The molecule has 0 radical (unpaired) electrons. The zero-order chi connectivity index (χ0) is 29.4. The van der Waals surface area contributed by atoms with Crippen LogP contribution in [0.3, 0.4) is 0 Å². The molecule has 7 heteroatoms. The van der Waals surface area contributed by atoms with E-state index in [1.807, 2.05) is 24.3 Å². The van der Waals surface area contributed by atoms with Crippen LogP contribution >= 0.6 is 0 Å². The average Bonchev–Trinajstić information content (AvgIpc) is 3.04. The zero-order valence-corrected chi connectivity index (χ0v) is 25.4. The summed E-state index contributed by atoms with van der Waals surface area (Å²) in [6, 6.07) is 22.9. The molecule has 1 aliphatic heterocycles. The van der Waals surface area contributed by atoms with Crippen LogP contribution in [0.25, 0.3) is 0 Å². The first-order chi connectivity index (χ1) is 20.7. The van der Waals surface area contributed by atoms with Gasteiger partial charge in [-0.05, 0) is 60.3 Å². The van der Waals surface area contributed by atoms with Gasteiger partial charge in [-0.2, -0.15) is 0 Å². The Morgan fingerprint density at radius 2 is 1.60 bits per heavy atom. The van der Waals surface area contributed by atoms with Crippen molar-refractivity contribution in [1.29, 1.82) is 0 Å². The van der Waals surface area contributed by atoms with Crippen LogP contribution in [-0.4, -0.2) is 59.8 Å². The smallest absolute Gasteiger partial charge is 0.124 e. The third-order valence-electron chi connectivity index (χ3n) is 7.61. The van der Waals surface area contributed by atoms with E-state index in [1.165, 1.54) is 11.1 Å². The molecule has 1 heterocycles. The summed E-state index contributed by atoms with van der Waals surface area (Å²) in [4.78, 5) is 0. The predicted octanol–water partition coefficient (Wildman–Crippen LogP) is 6.32. The largest absolute Gasteiger partial charge is 0.496 e. The second kappa shape index (κ2) is 17.8. The Balaban J connectivity index is 1.23. The van der Waals surface area contributed by atoms with E-state index in [2.05, 4.69) is 54.7 Å². The maximum atomic E-state index is 6.50. The van der Waals surface area contributed by atoms with Gasteiger partial charge in [0, 0.05) is 44.6 Å². The number of methoxy groups -OCH3 is 2. The van der Waals surface area contributed by atoms with E-state index >= 15 is 0 Å². The van der Waals surface area contributed by atoms with Crippen molar-refractivity contribution in [3.63, 3.8) is 0 Å². The van der Waals surface area contributed by atoms with E-state index in [0.717, 1.165) is 67.1 Å². The maximum absolute atomic E-state index is 6.50. The summed E-state index contributed by atoms with van der Waals surface area (Å²) in [6.07, 6.45) is 3.77. The monoisotopic (exact) mass is 577 g/mol. The third-order valence-corrected chi connectivity index (χ3v) is 7.61. The van der Waals surface area contributed by atoms with Gasteiger partial charge in [-0.25, -0.2) is 0 Å². The van der Waals surface area contributed by atoms with E-state index in [9.17, 15) is 0 Å². The van der Waals surface area contributed by atoms with Crippen molar-refractivity contribution in [2.45, 2.75) is 57.8 Å². The van der Waals surface area contributed by atoms with E-state index in [4.69, 9.17) is 28.4 Å². The van der Waals surface area contributed by atoms with E-state index < -0.39 is 0 Å². The first kappa shape index (κ1) is 31.8. The number of hydrogen-bond donors (Lipinski definition) is 1. The number of rotatable bonds is 18. The van der Waals surface area contributed by atoms with Crippen molar-refractivity contribution in [1.82, 2.24) is 5.32 Å². The fourth-order valence-corrected chi connectivity index (χ4v) is 5.26. The summed E-state index contributed by atoms with van der Waals surface area (Å²) >= 11 is 0. The first-order valence-corrected chi connectivity index (χ1v) is 15.2. The quantitative estimate of drug-likeness (QED) is 0.178. The van der Waals surface area contributed by atoms with E-state index in [0.29, 0.717) is 45.6 Å². The summed E-state index contributed by atoms with van der Waals surface area (Å²) in [5.41, 5.74) is 4.70. The van der Waals surface area contributed by atoms with Crippen LogP contribution in [0.15, 0.2) is 66.7 Å². The molecular formula is C35H47NO6. The molecule has 1 saturated heterocycles. The number of aryl methyl sites for hydroxylation is 1. The van der Waals surface area contributed by atoms with Crippen LogP contribution in [0.5, 0.6) is 17.2 Å². The molecular weight excluding hydrogens is 530 g/mol. The van der Waals surface area contributed by atoms with Gasteiger partial charge in [-0.3, -0.25) is 0 Å². The van der Waals surface area contributed by atoms with Gasteiger partial charge in [-0.15, -0.1) is 0 Å². The minimum absolute atomic E-state index is 0.0998. The molecule has 0 spiro atoms. The number of para-hydroxylation sites is 1. The fourth-order valence-electron chi connectivity index (χ4n) is 5.26. The molecule has 0 amide bonds. The minimum atomic E-state index is 0.0998. The van der Waals surface area contributed by atoms with Gasteiger partial charge >= 0.3 is 0 Å². The van der Waals surface area contributed by atoms with Gasteiger partial charge in [0.25, 0.3) is 0 Å². The lowest BCUT2D eigenvalue weighted by Crippen LogP contribution is -2.40. The topological polar surface area (TPSA) is 67.4 Å². The van der Waals surface area contributed by atoms with Crippen LogP contribution < -0.4 is 19.5 Å². The molecule has 0 saturated carbocycles. The summed E-state index contributed by atoms with van der Waals surface area (Å²) in [7, 11) is 3.40. The summed E-state index contributed by atoms with van der Waals surface area (Å²) in [5, 5.41) is 3.51. The summed E-state index contributed by atoms with van der Waals surface area (Å²) in [6.45, 7) is 7.67. The second-order valence-corrected chi connectivity index (χ2v) is 10.6. The number of piperidine rings is 1. The van der Waals surface area contributed by atoms with Crippen LogP contribution in [0.1, 0.15) is 54.4 Å². The highest BCUT2D eigenvalue weighted by molar-refractivity contribution is 5.37. The van der Waals surface area contributed by atoms with Gasteiger partial charge in [0.2, 0.25) is 0 Å². The van der Waals surface area contributed by atoms with E-state index in [1.54, 1.807) is 14.2 Å². The van der Waals surface area contributed by atoms with Crippen molar-refractivity contribution in [3.8, 4) is 17.2 Å². The van der Waals surface area contributed by atoms with Crippen molar-refractivity contribution in [3.05, 3.63) is 89.0 Å². The lowest BCUT2D eigenvalue weighted by atomic mass is 9.87. The molecule has 0 bridgehead atoms. The summed E-state index contributed by atoms with van der Waals surface area (Å²) < 4.78 is 34.9. The Labute approximate surface area is 251 Å². The number of nitrogens with one attached hydrogen (secondary N) is 1. The summed E-state index contributed by atoms with van der Waals surface area (Å²) in [5.74, 6) is 3.02. The van der Waals surface area contributed by atoms with Crippen LogP contribution in [0.4, 0.5) is 0 Å². The lowest BCUT2D eigenvalue weighted by Gasteiger charge is -2.32. The first-order valence-electron chi connectivity index (χ1n) is 15.2. The SMILES string of the molecule is CCc1ccc(COC2CNCCC2c2ccc(OCCCOCc3ccccc3OC)cc2)cc1OCCCOC. The Morgan fingerprint density at radius 3 is 2.40 bits per heavy atom. The Bertz CT molecular complexity index is 1180. The van der Waals surface area contributed by atoms with Crippen molar-refractivity contribution >= 4 is 0 Å². The van der Waals surface area contributed by atoms with Gasteiger partial charge in [0.05, 0.1) is 46.2 Å². The molecule has 0 aromatic heterocycles. The van der Waals surface area contributed by atoms with Crippen molar-refractivity contribution in [2.24, 2.45) is 0 Å². The average molecular weight is 578 g/mol. The second-order valence-electron chi connectivity index (χ2n) is 10.6. The normalized spacial score (nSPS) is 16.7. The molecule has 3 aromatic carbocycles. The molecule has 2 atom stereocenters. The maximum Gasteiger partial charge on any atom is 0.124 e. The molecule has 0 aliphatic carbocycles. The number of ether oxygens (including phenoxy) is 6. The Kier molecular flexibility index (Phi) is 13.5. The molecule has 1 fully saturated rings. The lowest BCUT2D eigenvalue weighted by molar-refractivity contribution is 0.0105. The van der Waals surface area contributed by atoms with Gasteiger partial charge in [0.15, 0.2) is 0 Å². The van der Waals surface area contributed by atoms with Crippen molar-refractivity contribution in [2.75, 3.05) is 53.7 Å².